The fraction of sp³-hybridized carbons (Fsp3) is 0.333. The summed E-state index contributed by atoms with van der Waals surface area (Å²) in [5.41, 5.74) is 8.01. The molecule has 0 amide bonds. The number of hydrogen-bond donors (Lipinski definition) is 2. The molecular formula is C54H59F3N2O7. The molecule has 9 nitrogen and oxygen atoms in total. The number of halogens is 3. The van der Waals surface area contributed by atoms with Crippen molar-refractivity contribution in [3.05, 3.63) is 161 Å². The third kappa shape index (κ3) is 15.2. The van der Waals surface area contributed by atoms with Gasteiger partial charge >= 0.3 is 18.1 Å². The molecule has 0 saturated heterocycles. The number of unbranched alkanes of at least 4 members (excludes halogenated alkanes) is 2. The number of ether oxygens (including phenoxy) is 3. The normalized spacial score (nSPS) is 12.1. The maximum absolute atomic E-state index is 12.9. The molecule has 0 spiro atoms. The molecule has 2 N–H and O–H groups in total. The summed E-state index contributed by atoms with van der Waals surface area (Å²) in [7, 11) is 1.66. The summed E-state index contributed by atoms with van der Waals surface area (Å²) in [5.74, 6) is 0.639. The van der Waals surface area contributed by atoms with Gasteiger partial charge in [0, 0.05) is 24.0 Å². The molecule has 6 aromatic rings. The second-order valence-electron chi connectivity index (χ2n) is 16.2. The predicted octanol–water partition coefficient (Wildman–Crippen LogP) is 13.8. The van der Waals surface area contributed by atoms with Gasteiger partial charge in [-0.2, -0.15) is 13.2 Å². The van der Waals surface area contributed by atoms with Crippen molar-refractivity contribution < 1.29 is 47.2 Å². The number of rotatable bonds is 21. The number of pyridine rings is 2. The quantitative estimate of drug-likeness (QED) is 0.0725. The lowest BCUT2D eigenvalue weighted by atomic mass is 10.0. The van der Waals surface area contributed by atoms with Crippen molar-refractivity contribution in [2.75, 3.05) is 7.11 Å². The minimum Gasteiger partial charge on any atom is -0.497 e. The number of hydrogen-bond acceptors (Lipinski definition) is 7. The summed E-state index contributed by atoms with van der Waals surface area (Å²) >= 11 is 0. The predicted molar refractivity (Wildman–Crippen MR) is 251 cm³/mol. The van der Waals surface area contributed by atoms with E-state index >= 15 is 0 Å². The van der Waals surface area contributed by atoms with Crippen LogP contribution in [0.5, 0.6) is 17.2 Å². The van der Waals surface area contributed by atoms with Gasteiger partial charge in [0.2, 0.25) is 0 Å². The molecule has 0 aliphatic rings. The number of benzene rings is 4. The van der Waals surface area contributed by atoms with E-state index in [0.29, 0.717) is 35.5 Å². The van der Waals surface area contributed by atoms with Crippen molar-refractivity contribution in [2.24, 2.45) is 0 Å². The fourth-order valence-electron chi connectivity index (χ4n) is 7.34. The summed E-state index contributed by atoms with van der Waals surface area (Å²) in [4.78, 5) is 31.3. The molecule has 0 bridgehead atoms. The first kappa shape index (κ1) is 50.3. The summed E-state index contributed by atoms with van der Waals surface area (Å²) in [5, 5.41) is 17.9. The largest absolute Gasteiger partial charge is 0.497 e. The molecule has 66 heavy (non-hydrogen) atoms. The molecule has 0 radical (unpaired) electrons. The Morgan fingerprint density at radius 2 is 1.00 bits per heavy atom. The van der Waals surface area contributed by atoms with Crippen LogP contribution in [0.1, 0.15) is 117 Å². The van der Waals surface area contributed by atoms with Gasteiger partial charge in [-0.1, -0.05) is 63.1 Å². The van der Waals surface area contributed by atoms with Crippen LogP contribution in [0, 0.1) is 13.8 Å². The molecule has 0 aliphatic carbocycles. The van der Waals surface area contributed by atoms with Crippen LogP contribution in [0.25, 0.3) is 22.5 Å². The Morgan fingerprint density at radius 1 is 0.591 bits per heavy atom. The Morgan fingerprint density at radius 3 is 1.36 bits per heavy atom. The number of methoxy groups -OCH3 is 1. The second kappa shape index (κ2) is 24.6. The van der Waals surface area contributed by atoms with E-state index in [9.17, 15) is 22.8 Å². The number of aryl methyl sites for hydroxylation is 4. The number of carboxylic acids is 2. The third-order valence-electron chi connectivity index (χ3n) is 11.1. The minimum absolute atomic E-state index is 0.0703. The van der Waals surface area contributed by atoms with Gasteiger partial charge in [-0.3, -0.25) is 9.59 Å². The van der Waals surface area contributed by atoms with E-state index in [1.807, 2.05) is 105 Å². The third-order valence-corrected chi connectivity index (χ3v) is 11.1. The molecule has 4 aromatic carbocycles. The van der Waals surface area contributed by atoms with E-state index in [0.717, 1.165) is 101 Å². The van der Waals surface area contributed by atoms with Crippen molar-refractivity contribution in [3.8, 4) is 39.8 Å². The number of nitrogens with zero attached hydrogens (tertiary/aromatic N) is 2. The highest BCUT2D eigenvalue weighted by Crippen LogP contribution is 2.33. The number of aliphatic carboxylic acids is 2. The van der Waals surface area contributed by atoms with Gasteiger partial charge in [0.15, 0.2) is 0 Å². The lowest BCUT2D eigenvalue weighted by Gasteiger charge is -2.20. The van der Waals surface area contributed by atoms with Crippen molar-refractivity contribution >= 4 is 11.9 Å². The second-order valence-corrected chi connectivity index (χ2v) is 16.2. The highest BCUT2D eigenvalue weighted by Gasteiger charge is 2.30. The number of aromatic nitrogens is 2. The Kier molecular flexibility index (Phi) is 18.7. The molecule has 0 saturated carbocycles. The first-order valence-electron chi connectivity index (χ1n) is 22.4. The van der Waals surface area contributed by atoms with Crippen LogP contribution >= 0.6 is 0 Å². The van der Waals surface area contributed by atoms with Gasteiger partial charge in [0.05, 0.1) is 35.4 Å². The summed E-state index contributed by atoms with van der Waals surface area (Å²) in [6.07, 6.45) is 1.93. The minimum atomic E-state index is -4.38. The Balaban J connectivity index is 0.000000248. The van der Waals surface area contributed by atoms with Gasteiger partial charge in [-0.15, -0.1) is 0 Å². The maximum Gasteiger partial charge on any atom is 0.416 e. The van der Waals surface area contributed by atoms with Crippen molar-refractivity contribution in [3.63, 3.8) is 0 Å². The van der Waals surface area contributed by atoms with Crippen LogP contribution in [0.4, 0.5) is 13.2 Å². The van der Waals surface area contributed by atoms with Gasteiger partial charge in [-0.05, 0) is 160 Å². The van der Waals surface area contributed by atoms with E-state index in [-0.39, 0.29) is 25.0 Å². The van der Waals surface area contributed by atoms with E-state index in [2.05, 4.69) is 13.8 Å². The van der Waals surface area contributed by atoms with Crippen molar-refractivity contribution in [1.82, 2.24) is 9.97 Å². The number of alkyl halides is 3. The summed E-state index contributed by atoms with van der Waals surface area (Å²) < 4.78 is 56.6. The van der Waals surface area contributed by atoms with Crippen LogP contribution < -0.4 is 14.2 Å². The highest BCUT2D eigenvalue weighted by atomic mass is 19.4. The van der Waals surface area contributed by atoms with Gasteiger partial charge in [-0.25, -0.2) is 9.97 Å². The van der Waals surface area contributed by atoms with Crippen molar-refractivity contribution in [2.45, 2.75) is 110 Å². The van der Waals surface area contributed by atoms with Crippen LogP contribution in [-0.2, 0) is 28.6 Å². The van der Waals surface area contributed by atoms with E-state index in [1.165, 1.54) is 12.1 Å². The van der Waals surface area contributed by atoms with Crippen LogP contribution in [0.3, 0.4) is 0 Å². The van der Waals surface area contributed by atoms with Gasteiger partial charge in [0.25, 0.3) is 0 Å². The van der Waals surface area contributed by atoms with Crippen molar-refractivity contribution in [1.29, 1.82) is 0 Å². The smallest absolute Gasteiger partial charge is 0.416 e. The number of carboxylic acid groups (broad SMARTS) is 2. The average molecular weight is 905 g/mol. The fourth-order valence-corrected chi connectivity index (χ4v) is 7.34. The Bertz CT molecular complexity index is 2490. The first-order valence-corrected chi connectivity index (χ1v) is 22.4. The zero-order valence-electron chi connectivity index (χ0n) is 38.2. The van der Waals surface area contributed by atoms with Gasteiger partial charge < -0.3 is 24.4 Å². The molecular weight excluding hydrogens is 846 g/mol. The van der Waals surface area contributed by atoms with E-state index < -0.39 is 23.7 Å². The molecule has 12 heteroatoms. The first-order chi connectivity index (χ1) is 31.7. The average Bonchev–Trinajstić information content (AvgIpc) is 3.31. The lowest BCUT2D eigenvalue weighted by Crippen LogP contribution is -2.10. The molecule has 2 heterocycles. The summed E-state index contributed by atoms with van der Waals surface area (Å²) in [6.45, 7) is 8.17. The standard InChI is InChI=1S/C27H28F3NO3.C27H31NO4/c1-3-4-8-25(34-22-15-11-19(18(2)17-22)12-16-26(32)33)24-7-5-6-23(31-24)20-9-13-21(14-10-20)27(28,29)30;1-4-5-9-26(32-23-16-10-20(19(2)18-23)13-17-27(29)30)25-8-6-7-24(28-25)21-11-14-22(31-3)15-12-21/h5-7,9-11,13-15,17,25H,3-4,8,12,16H2,1-2H3,(H,32,33);6-8,10-12,14-16,18,26H,4-5,9,13,17H2,1-3H3,(H,29,30)/t25-;26-/m00/s1. The number of carbonyl (C=O) groups is 2. The molecule has 348 valence electrons. The highest BCUT2D eigenvalue weighted by molar-refractivity contribution is 5.67. The lowest BCUT2D eigenvalue weighted by molar-refractivity contribution is -0.138. The van der Waals surface area contributed by atoms with Crippen LogP contribution in [-0.4, -0.2) is 39.2 Å². The zero-order valence-corrected chi connectivity index (χ0v) is 38.2. The Labute approximate surface area is 385 Å². The maximum atomic E-state index is 12.9. The van der Waals surface area contributed by atoms with Gasteiger partial charge in [0.1, 0.15) is 29.5 Å². The Hall–Kier alpha value is -6.69. The summed E-state index contributed by atoms with van der Waals surface area (Å²) in [6, 6.07) is 35.9. The van der Waals surface area contributed by atoms with E-state index in [4.69, 9.17) is 34.4 Å². The molecule has 0 unspecified atom stereocenters. The zero-order chi connectivity index (χ0) is 47.6. The topological polar surface area (TPSA) is 128 Å². The monoisotopic (exact) mass is 904 g/mol. The molecule has 2 aromatic heterocycles. The molecule has 0 fully saturated rings. The van der Waals surface area contributed by atoms with E-state index in [1.54, 1.807) is 13.2 Å². The SMILES string of the molecule is CCCC[C@H](Oc1ccc(CCC(=O)O)c(C)c1)c1cccc(-c2ccc(C(F)(F)F)cc2)n1.CCCC[C@H](Oc1ccc(CCC(=O)O)c(C)c1)c1cccc(-c2ccc(OC)cc2)n1. The molecule has 2 atom stereocenters. The molecule has 0 aliphatic heterocycles. The molecule has 6 rings (SSSR count). The van der Waals surface area contributed by atoms with Crippen LogP contribution in [0.15, 0.2) is 121 Å². The van der Waals surface area contributed by atoms with Crippen LogP contribution in [0.2, 0.25) is 0 Å².